The standard InChI is InChI=1S/C69H85BN2OS/c1-63(2,3)44-23-28-55-56(38-44)71(48-36-45(64(4,5)6)35-46(37-48)65(7,8)9)57-33-43(42-21-25-49(26-22-42)74(18,19)20)34-58-61(57)70(55)60-50-40-53-54(69(16,17)32-31-68(53,14)15)41-59(50)73-62(60)72(58)47-24-27-51-52(39-47)67(12,13)30-29-66(51,10)11/h21-28,33-41H,29-32H2,1-20H3. The van der Waals surface area contributed by atoms with Crippen molar-refractivity contribution in [3.63, 3.8) is 0 Å². The molecule has 3 heterocycles. The summed E-state index contributed by atoms with van der Waals surface area (Å²) in [4.78, 5) is 6.66. The minimum atomic E-state index is -0.921. The van der Waals surface area contributed by atoms with Gasteiger partial charge in [-0.1, -0.05) is 154 Å². The van der Waals surface area contributed by atoms with E-state index in [1.54, 1.807) is 0 Å². The Morgan fingerprint density at radius 3 is 1.50 bits per heavy atom. The smallest absolute Gasteiger partial charge is 0.257 e. The molecule has 3 nitrogen and oxygen atoms in total. The van der Waals surface area contributed by atoms with E-state index >= 15 is 0 Å². The number of hydrogen-bond acceptors (Lipinski definition) is 3. The molecule has 6 aromatic carbocycles. The van der Waals surface area contributed by atoms with Gasteiger partial charge in [0.1, 0.15) is 5.58 Å². The van der Waals surface area contributed by atoms with Crippen molar-refractivity contribution in [2.45, 2.75) is 186 Å². The third kappa shape index (κ3) is 8.13. The normalized spacial score (nSPS) is 18.6. The van der Waals surface area contributed by atoms with Crippen molar-refractivity contribution >= 4 is 78.4 Å². The molecule has 0 amide bonds. The molecule has 0 atom stereocenters. The third-order valence-corrected chi connectivity index (χ3v) is 20.1. The fourth-order valence-electron chi connectivity index (χ4n) is 13.1. The van der Waals surface area contributed by atoms with Crippen LogP contribution in [0.2, 0.25) is 0 Å². The molecular weight excluding hydrogens is 916 g/mol. The Morgan fingerprint density at radius 1 is 0.446 bits per heavy atom. The molecule has 0 saturated carbocycles. The fourth-order valence-corrected chi connectivity index (χ4v) is 14.1. The molecule has 11 rings (SSSR count). The number of fused-ring (bicyclic) bond motifs is 8. The van der Waals surface area contributed by atoms with Crippen LogP contribution < -0.4 is 26.2 Å². The number of hydrogen-bond donors (Lipinski definition) is 0. The highest BCUT2D eigenvalue weighted by Gasteiger charge is 2.49. The van der Waals surface area contributed by atoms with E-state index in [1.165, 1.54) is 106 Å². The zero-order valence-electron chi connectivity index (χ0n) is 48.9. The highest BCUT2D eigenvalue weighted by molar-refractivity contribution is 8.32. The summed E-state index contributed by atoms with van der Waals surface area (Å²) in [6.07, 6.45) is 11.8. The number of furan rings is 1. The Kier molecular flexibility index (Phi) is 11.2. The largest absolute Gasteiger partial charge is 0.440 e. The van der Waals surface area contributed by atoms with Crippen LogP contribution in [0.1, 0.15) is 182 Å². The van der Waals surface area contributed by atoms with Crippen molar-refractivity contribution in [1.29, 1.82) is 0 Å². The monoisotopic (exact) mass is 1000 g/mol. The predicted molar refractivity (Wildman–Crippen MR) is 326 cm³/mol. The second kappa shape index (κ2) is 16.2. The molecule has 1 aromatic heterocycles. The van der Waals surface area contributed by atoms with Crippen LogP contribution in [-0.2, 0) is 37.9 Å². The van der Waals surface area contributed by atoms with Crippen LogP contribution in [0.5, 0.6) is 0 Å². The first kappa shape index (κ1) is 51.0. The zero-order valence-corrected chi connectivity index (χ0v) is 49.7. The number of nitrogens with zero attached hydrogens (tertiary/aromatic N) is 2. The molecule has 5 heteroatoms. The van der Waals surface area contributed by atoms with Gasteiger partial charge in [0.05, 0.1) is 0 Å². The van der Waals surface area contributed by atoms with Gasteiger partial charge in [0.25, 0.3) is 6.71 Å². The molecule has 0 bridgehead atoms. The van der Waals surface area contributed by atoms with Crippen LogP contribution in [0, 0.1) is 0 Å². The minimum absolute atomic E-state index is 0.0213. The van der Waals surface area contributed by atoms with Crippen LogP contribution in [0.15, 0.2) is 112 Å². The lowest BCUT2D eigenvalue weighted by Crippen LogP contribution is -2.61. The fraction of sp³-hybridized carbons (Fsp3) is 0.449. The lowest BCUT2D eigenvalue weighted by Gasteiger charge is -2.45. The maximum Gasteiger partial charge on any atom is 0.257 e. The average Bonchev–Trinajstić information content (AvgIpc) is 3.69. The van der Waals surface area contributed by atoms with E-state index in [2.05, 4.69) is 249 Å². The van der Waals surface area contributed by atoms with Crippen molar-refractivity contribution in [3.05, 3.63) is 142 Å². The van der Waals surface area contributed by atoms with Crippen molar-refractivity contribution < 1.29 is 4.42 Å². The molecule has 2 aliphatic carbocycles. The van der Waals surface area contributed by atoms with Crippen LogP contribution in [-0.4, -0.2) is 25.5 Å². The molecule has 7 aromatic rings. The number of rotatable bonds is 4. The summed E-state index contributed by atoms with van der Waals surface area (Å²) in [6.45, 7) is 40.8. The Labute approximate surface area is 448 Å². The van der Waals surface area contributed by atoms with Gasteiger partial charge >= 0.3 is 0 Å². The van der Waals surface area contributed by atoms with Gasteiger partial charge in [0.2, 0.25) is 5.88 Å². The quantitative estimate of drug-likeness (QED) is 0.164. The maximum absolute atomic E-state index is 7.70. The van der Waals surface area contributed by atoms with Gasteiger partial charge in [0.15, 0.2) is 0 Å². The minimum Gasteiger partial charge on any atom is -0.440 e. The average molecular weight is 1000 g/mol. The van der Waals surface area contributed by atoms with E-state index in [1.807, 2.05) is 0 Å². The van der Waals surface area contributed by atoms with Crippen LogP contribution in [0.3, 0.4) is 0 Å². The summed E-state index contributed by atoms with van der Waals surface area (Å²) >= 11 is 0. The third-order valence-electron chi connectivity index (χ3n) is 18.4. The summed E-state index contributed by atoms with van der Waals surface area (Å²) in [7, 11) is -0.921. The summed E-state index contributed by atoms with van der Waals surface area (Å²) < 4.78 is 7.70. The van der Waals surface area contributed by atoms with Gasteiger partial charge in [-0.3, -0.25) is 4.90 Å². The van der Waals surface area contributed by atoms with Crippen molar-refractivity contribution in [2.24, 2.45) is 0 Å². The zero-order chi connectivity index (χ0) is 53.4. The summed E-state index contributed by atoms with van der Waals surface area (Å²) in [5.41, 5.74) is 23.2. The van der Waals surface area contributed by atoms with E-state index in [4.69, 9.17) is 4.42 Å². The molecule has 386 valence electrons. The molecule has 0 saturated heterocycles. The first-order chi connectivity index (χ1) is 34.2. The molecule has 0 spiro atoms. The second-order valence-electron chi connectivity index (χ2n) is 29.7. The predicted octanol–water partition coefficient (Wildman–Crippen LogP) is 17.8. The topological polar surface area (TPSA) is 19.6 Å². The van der Waals surface area contributed by atoms with Gasteiger partial charge in [-0.2, -0.15) is 0 Å². The highest BCUT2D eigenvalue weighted by atomic mass is 32.3. The summed E-state index contributed by atoms with van der Waals surface area (Å²) in [6, 6.07) is 42.0. The van der Waals surface area contributed by atoms with E-state index < -0.39 is 10.0 Å². The van der Waals surface area contributed by atoms with Gasteiger partial charge < -0.3 is 9.32 Å². The Hall–Kier alpha value is -5.13. The highest BCUT2D eigenvalue weighted by Crippen LogP contribution is 2.54. The van der Waals surface area contributed by atoms with Crippen molar-refractivity contribution in [3.8, 4) is 11.1 Å². The van der Waals surface area contributed by atoms with E-state index in [9.17, 15) is 0 Å². The van der Waals surface area contributed by atoms with Gasteiger partial charge in [-0.25, -0.2) is 10.0 Å². The van der Waals surface area contributed by atoms with Crippen LogP contribution in [0.25, 0.3) is 22.1 Å². The first-order valence-electron chi connectivity index (χ1n) is 27.8. The molecular formula is C69H85BN2OS. The van der Waals surface area contributed by atoms with Gasteiger partial charge in [-0.05, 0) is 215 Å². The van der Waals surface area contributed by atoms with Gasteiger partial charge in [0, 0.05) is 39.3 Å². The second-order valence-corrected chi connectivity index (χ2v) is 33.8. The summed E-state index contributed by atoms with van der Waals surface area (Å²) in [5, 5.41) is 1.24. The Bertz CT molecular complexity index is 3410. The van der Waals surface area contributed by atoms with Crippen LogP contribution >= 0.6 is 10.0 Å². The molecule has 0 fully saturated rings. The maximum atomic E-state index is 7.70. The lowest BCUT2D eigenvalue weighted by atomic mass is 9.33. The Balaban J connectivity index is 1.32. The molecule has 4 aliphatic rings. The lowest BCUT2D eigenvalue weighted by molar-refractivity contribution is 0.332. The van der Waals surface area contributed by atoms with E-state index in [0.29, 0.717) is 0 Å². The SMILES string of the molecule is CC(C)(C)c1cc(N2c3cc(C(C)(C)C)ccc3B3c4c2cc(-c2ccc(S(C)(C)C)cc2)cc4N(c2ccc4c(c2)C(C)(C)CCC4(C)C)c2oc4cc5c(cc4c23)C(C)(C)CCC5(C)C)cc(C(C)(C)C)c1. The molecule has 2 aliphatic heterocycles. The van der Waals surface area contributed by atoms with Crippen molar-refractivity contribution in [1.82, 2.24) is 0 Å². The number of anilines is 6. The van der Waals surface area contributed by atoms with Crippen LogP contribution in [0.4, 0.5) is 34.3 Å². The summed E-state index contributed by atoms with van der Waals surface area (Å²) in [5.74, 6) is 0.946. The van der Waals surface area contributed by atoms with Gasteiger partial charge in [-0.15, -0.1) is 0 Å². The Morgan fingerprint density at radius 2 is 0.959 bits per heavy atom. The van der Waals surface area contributed by atoms with Crippen molar-refractivity contribution in [2.75, 3.05) is 28.6 Å². The van der Waals surface area contributed by atoms with E-state index in [-0.39, 0.29) is 44.6 Å². The number of benzene rings is 6. The first-order valence-corrected chi connectivity index (χ1v) is 30.7. The molecule has 0 radical (unpaired) electrons. The molecule has 0 unspecified atom stereocenters. The molecule has 0 N–H and O–H groups in total. The van der Waals surface area contributed by atoms with E-state index in [0.717, 1.165) is 36.4 Å². The molecule has 74 heavy (non-hydrogen) atoms.